The Bertz CT molecular complexity index is 864. The van der Waals surface area contributed by atoms with Crippen LogP contribution in [0, 0.1) is 26.6 Å². The second kappa shape index (κ2) is 7.83. The molecule has 3 nitrogen and oxygen atoms in total. The summed E-state index contributed by atoms with van der Waals surface area (Å²) < 4.78 is 15.1. The number of nitrogens with zero attached hydrogens (tertiary/aromatic N) is 2. The van der Waals surface area contributed by atoms with Crippen LogP contribution in [0.5, 0.6) is 0 Å². The molecular formula is C22H26FN3. The minimum absolute atomic E-state index is 0.148. The molecule has 4 heteroatoms. The molecule has 0 spiro atoms. The molecule has 2 aromatic carbocycles. The SMILES string of the molecule is Cc1ccc(Cn2nc(C)c(CN[C@@H](C)c3ccc(F)cc3)c2C)cc1. The van der Waals surface area contributed by atoms with Crippen molar-refractivity contribution in [1.82, 2.24) is 15.1 Å². The van der Waals surface area contributed by atoms with Crippen molar-refractivity contribution in [3.05, 3.63) is 88.0 Å². The minimum Gasteiger partial charge on any atom is -0.306 e. The molecule has 0 aliphatic carbocycles. The molecule has 0 unspecified atom stereocenters. The third kappa shape index (κ3) is 4.20. The van der Waals surface area contributed by atoms with Gasteiger partial charge < -0.3 is 5.32 Å². The zero-order valence-corrected chi connectivity index (χ0v) is 15.9. The highest BCUT2D eigenvalue weighted by atomic mass is 19.1. The standard InChI is InChI=1S/C22H26FN3/c1-15-5-7-19(8-6-15)14-26-18(4)22(17(3)25-26)13-24-16(2)20-9-11-21(23)12-10-20/h5-12,16,24H,13-14H2,1-4H3/t16-/m0/s1. The lowest BCUT2D eigenvalue weighted by Crippen LogP contribution is -2.19. The fourth-order valence-electron chi connectivity index (χ4n) is 3.13. The van der Waals surface area contributed by atoms with Crippen molar-refractivity contribution in [2.45, 2.75) is 46.8 Å². The number of hydrogen-bond acceptors (Lipinski definition) is 2. The van der Waals surface area contributed by atoms with E-state index in [2.05, 4.69) is 62.0 Å². The van der Waals surface area contributed by atoms with E-state index in [0.29, 0.717) is 0 Å². The fourth-order valence-corrected chi connectivity index (χ4v) is 3.13. The molecule has 3 aromatic rings. The summed E-state index contributed by atoms with van der Waals surface area (Å²) in [6, 6.07) is 15.4. The van der Waals surface area contributed by atoms with Crippen LogP contribution in [0.4, 0.5) is 4.39 Å². The molecule has 26 heavy (non-hydrogen) atoms. The van der Waals surface area contributed by atoms with Crippen LogP contribution in [0.1, 0.15) is 46.6 Å². The highest BCUT2D eigenvalue weighted by Crippen LogP contribution is 2.18. The van der Waals surface area contributed by atoms with Gasteiger partial charge in [0.15, 0.2) is 0 Å². The van der Waals surface area contributed by atoms with Gasteiger partial charge in [-0.05, 0) is 51.0 Å². The number of aryl methyl sites for hydroxylation is 2. The van der Waals surface area contributed by atoms with Gasteiger partial charge in [-0.3, -0.25) is 4.68 Å². The molecule has 1 atom stereocenters. The summed E-state index contributed by atoms with van der Waals surface area (Å²) in [5.74, 6) is -0.204. The summed E-state index contributed by atoms with van der Waals surface area (Å²) in [5.41, 5.74) is 7.05. The van der Waals surface area contributed by atoms with Gasteiger partial charge in [0, 0.05) is 23.8 Å². The molecule has 1 aromatic heterocycles. The van der Waals surface area contributed by atoms with Crippen LogP contribution in [-0.4, -0.2) is 9.78 Å². The van der Waals surface area contributed by atoms with Crippen LogP contribution in [0.25, 0.3) is 0 Å². The van der Waals surface area contributed by atoms with Crippen molar-refractivity contribution in [3.63, 3.8) is 0 Å². The van der Waals surface area contributed by atoms with E-state index in [9.17, 15) is 4.39 Å². The maximum atomic E-state index is 13.1. The number of nitrogens with one attached hydrogen (secondary N) is 1. The van der Waals surface area contributed by atoms with Crippen LogP contribution in [0.3, 0.4) is 0 Å². The molecule has 0 saturated heterocycles. The van der Waals surface area contributed by atoms with E-state index < -0.39 is 0 Å². The van der Waals surface area contributed by atoms with Crippen LogP contribution in [0.2, 0.25) is 0 Å². The Hall–Kier alpha value is -2.46. The highest BCUT2D eigenvalue weighted by Gasteiger charge is 2.13. The van der Waals surface area contributed by atoms with Gasteiger partial charge in [0.2, 0.25) is 0 Å². The first kappa shape index (κ1) is 18.3. The summed E-state index contributed by atoms with van der Waals surface area (Å²) in [4.78, 5) is 0. The second-order valence-corrected chi connectivity index (χ2v) is 6.95. The average Bonchev–Trinajstić information content (AvgIpc) is 2.89. The molecule has 0 bridgehead atoms. The average molecular weight is 351 g/mol. The van der Waals surface area contributed by atoms with Gasteiger partial charge in [-0.25, -0.2) is 4.39 Å². The largest absolute Gasteiger partial charge is 0.306 e. The van der Waals surface area contributed by atoms with Crippen molar-refractivity contribution >= 4 is 0 Å². The first-order valence-electron chi connectivity index (χ1n) is 9.01. The zero-order valence-electron chi connectivity index (χ0n) is 15.9. The molecule has 0 aliphatic heterocycles. The van der Waals surface area contributed by atoms with E-state index in [1.165, 1.54) is 34.5 Å². The van der Waals surface area contributed by atoms with Crippen molar-refractivity contribution in [3.8, 4) is 0 Å². The lowest BCUT2D eigenvalue weighted by atomic mass is 10.1. The Kier molecular flexibility index (Phi) is 5.52. The van der Waals surface area contributed by atoms with E-state index in [4.69, 9.17) is 5.10 Å². The fraction of sp³-hybridized carbons (Fsp3) is 0.318. The molecule has 0 amide bonds. The summed E-state index contributed by atoms with van der Waals surface area (Å²) >= 11 is 0. The first-order chi connectivity index (χ1) is 12.4. The third-order valence-electron chi connectivity index (χ3n) is 4.94. The van der Waals surface area contributed by atoms with Gasteiger partial charge in [0.05, 0.1) is 12.2 Å². The van der Waals surface area contributed by atoms with E-state index in [1.807, 2.05) is 12.1 Å². The lowest BCUT2D eigenvalue weighted by molar-refractivity contribution is 0.567. The molecule has 0 radical (unpaired) electrons. The molecule has 0 saturated carbocycles. The Labute approximate surface area is 154 Å². The van der Waals surface area contributed by atoms with Crippen LogP contribution >= 0.6 is 0 Å². The highest BCUT2D eigenvalue weighted by molar-refractivity contribution is 5.27. The van der Waals surface area contributed by atoms with E-state index in [1.54, 1.807) is 0 Å². The quantitative estimate of drug-likeness (QED) is 0.688. The number of aromatic nitrogens is 2. The normalized spacial score (nSPS) is 12.3. The molecule has 1 N–H and O–H groups in total. The first-order valence-corrected chi connectivity index (χ1v) is 9.01. The second-order valence-electron chi connectivity index (χ2n) is 6.95. The molecule has 3 rings (SSSR count). The van der Waals surface area contributed by atoms with Crippen LogP contribution < -0.4 is 5.32 Å². The maximum absolute atomic E-state index is 13.1. The number of rotatable bonds is 6. The van der Waals surface area contributed by atoms with E-state index in [-0.39, 0.29) is 11.9 Å². The van der Waals surface area contributed by atoms with Crippen molar-refractivity contribution in [2.24, 2.45) is 0 Å². The zero-order chi connectivity index (χ0) is 18.7. The third-order valence-corrected chi connectivity index (χ3v) is 4.94. The Balaban J connectivity index is 1.69. The summed E-state index contributed by atoms with van der Waals surface area (Å²) in [6.07, 6.45) is 0. The van der Waals surface area contributed by atoms with Gasteiger partial charge in [0.25, 0.3) is 0 Å². The number of hydrogen-bond donors (Lipinski definition) is 1. The minimum atomic E-state index is -0.204. The van der Waals surface area contributed by atoms with Gasteiger partial charge >= 0.3 is 0 Å². The molecule has 136 valence electrons. The molecule has 1 heterocycles. The van der Waals surface area contributed by atoms with Crippen molar-refractivity contribution in [2.75, 3.05) is 0 Å². The summed E-state index contributed by atoms with van der Waals surface area (Å²) in [7, 11) is 0. The Morgan fingerprint density at radius 1 is 1.00 bits per heavy atom. The van der Waals surface area contributed by atoms with Gasteiger partial charge in [0.1, 0.15) is 5.82 Å². The predicted octanol–water partition coefficient (Wildman–Crippen LogP) is 4.85. The van der Waals surface area contributed by atoms with Crippen molar-refractivity contribution in [1.29, 1.82) is 0 Å². The number of benzene rings is 2. The Morgan fingerprint density at radius 2 is 1.65 bits per heavy atom. The Morgan fingerprint density at radius 3 is 2.31 bits per heavy atom. The maximum Gasteiger partial charge on any atom is 0.123 e. The van der Waals surface area contributed by atoms with Gasteiger partial charge in [-0.15, -0.1) is 0 Å². The topological polar surface area (TPSA) is 29.9 Å². The van der Waals surface area contributed by atoms with Gasteiger partial charge in [-0.1, -0.05) is 42.0 Å². The number of halogens is 1. The summed E-state index contributed by atoms with van der Waals surface area (Å²) in [5, 5.41) is 8.24. The van der Waals surface area contributed by atoms with Crippen LogP contribution in [0.15, 0.2) is 48.5 Å². The van der Waals surface area contributed by atoms with Gasteiger partial charge in [-0.2, -0.15) is 5.10 Å². The predicted molar refractivity (Wildman–Crippen MR) is 104 cm³/mol. The molecular weight excluding hydrogens is 325 g/mol. The van der Waals surface area contributed by atoms with E-state index in [0.717, 1.165) is 24.3 Å². The lowest BCUT2D eigenvalue weighted by Gasteiger charge is -2.14. The monoisotopic (exact) mass is 351 g/mol. The summed E-state index contributed by atoms with van der Waals surface area (Å²) in [6.45, 7) is 9.88. The molecule has 0 fully saturated rings. The molecule has 0 aliphatic rings. The smallest absolute Gasteiger partial charge is 0.123 e. The van der Waals surface area contributed by atoms with E-state index >= 15 is 0 Å². The van der Waals surface area contributed by atoms with Crippen molar-refractivity contribution < 1.29 is 4.39 Å². The van der Waals surface area contributed by atoms with Crippen LogP contribution in [-0.2, 0) is 13.1 Å².